The number of aromatic amines is 1. The molecule has 0 saturated carbocycles. The van der Waals surface area contributed by atoms with E-state index in [4.69, 9.17) is 16.3 Å². The van der Waals surface area contributed by atoms with E-state index in [9.17, 15) is 0 Å². The van der Waals surface area contributed by atoms with Crippen molar-refractivity contribution in [2.24, 2.45) is 0 Å². The molecule has 0 spiro atoms. The van der Waals surface area contributed by atoms with Crippen LogP contribution < -0.4 is 0 Å². The Hall–Kier alpha value is -1.25. The van der Waals surface area contributed by atoms with Crippen LogP contribution in [0, 0.1) is 0 Å². The molecule has 1 aromatic carbocycles. The van der Waals surface area contributed by atoms with Gasteiger partial charge in [-0.25, -0.2) is 0 Å². The molecule has 1 aliphatic rings. The highest BCUT2D eigenvalue weighted by Crippen LogP contribution is 2.31. The predicted molar refractivity (Wildman–Crippen MR) is 66.7 cm³/mol. The molecule has 2 nitrogen and oxygen atoms in total. The van der Waals surface area contributed by atoms with Gasteiger partial charge in [0.1, 0.15) is 0 Å². The minimum absolute atomic E-state index is 0.711. The van der Waals surface area contributed by atoms with Gasteiger partial charge in [-0.2, -0.15) is 0 Å². The van der Waals surface area contributed by atoms with Gasteiger partial charge in [0.15, 0.2) is 0 Å². The quantitative estimate of drug-likeness (QED) is 0.800. The second-order valence-corrected chi connectivity index (χ2v) is 4.33. The number of halogens is 1. The van der Waals surface area contributed by atoms with Crippen LogP contribution in [0.2, 0.25) is 5.02 Å². The highest BCUT2D eigenvalue weighted by Gasteiger charge is 2.12. The van der Waals surface area contributed by atoms with Gasteiger partial charge in [-0.05, 0) is 18.1 Å². The van der Waals surface area contributed by atoms with E-state index in [0.29, 0.717) is 6.61 Å². The van der Waals surface area contributed by atoms with Crippen LogP contribution in [-0.4, -0.2) is 18.2 Å². The normalized spacial score (nSPS) is 16.4. The van der Waals surface area contributed by atoms with E-state index in [-0.39, 0.29) is 0 Å². The summed E-state index contributed by atoms with van der Waals surface area (Å²) in [5.41, 5.74) is 3.62. The molecular formula is C13H12ClNO. The fraction of sp³-hybridized carbons (Fsp3) is 0.231. The van der Waals surface area contributed by atoms with E-state index in [1.165, 1.54) is 16.5 Å². The lowest BCUT2D eigenvalue weighted by atomic mass is 10.0. The van der Waals surface area contributed by atoms with Crippen molar-refractivity contribution < 1.29 is 4.74 Å². The summed E-state index contributed by atoms with van der Waals surface area (Å²) in [5, 5.41) is 1.97. The zero-order valence-electron chi connectivity index (χ0n) is 8.79. The summed E-state index contributed by atoms with van der Waals surface area (Å²) in [4.78, 5) is 3.24. The lowest BCUT2D eigenvalue weighted by Gasteiger charge is -2.12. The molecule has 2 aromatic rings. The first-order valence-corrected chi connectivity index (χ1v) is 5.77. The first kappa shape index (κ1) is 9.94. The van der Waals surface area contributed by atoms with Gasteiger partial charge < -0.3 is 9.72 Å². The Morgan fingerprint density at radius 2 is 2.25 bits per heavy atom. The van der Waals surface area contributed by atoms with Gasteiger partial charge in [0.2, 0.25) is 0 Å². The molecule has 1 aromatic heterocycles. The van der Waals surface area contributed by atoms with E-state index in [1.54, 1.807) is 0 Å². The van der Waals surface area contributed by atoms with E-state index in [0.717, 1.165) is 23.6 Å². The van der Waals surface area contributed by atoms with Crippen molar-refractivity contribution in [1.82, 2.24) is 4.98 Å². The predicted octanol–water partition coefficient (Wildman–Crippen LogP) is 3.63. The van der Waals surface area contributed by atoms with Crippen molar-refractivity contribution in [3.05, 3.63) is 41.1 Å². The minimum atomic E-state index is 0.711. The third-order valence-electron chi connectivity index (χ3n) is 2.97. The molecule has 0 bridgehead atoms. The third-order valence-corrected chi connectivity index (χ3v) is 3.29. The number of hydrogen-bond acceptors (Lipinski definition) is 1. The molecule has 0 saturated heterocycles. The molecule has 0 fully saturated rings. The SMILES string of the molecule is Clc1cccc2c(C3=CCOCC3)c[nH]c12. The highest BCUT2D eigenvalue weighted by atomic mass is 35.5. The lowest BCUT2D eigenvalue weighted by molar-refractivity contribution is 0.161. The van der Waals surface area contributed by atoms with E-state index < -0.39 is 0 Å². The molecule has 0 radical (unpaired) electrons. The van der Waals surface area contributed by atoms with Gasteiger partial charge in [0.05, 0.1) is 23.8 Å². The van der Waals surface area contributed by atoms with Gasteiger partial charge in [-0.15, -0.1) is 0 Å². The minimum Gasteiger partial charge on any atom is -0.377 e. The topological polar surface area (TPSA) is 25.0 Å². The Balaban J connectivity index is 2.17. The van der Waals surface area contributed by atoms with Crippen molar-refractivity contribution in [3.63, 3.8) is 0 Å². The van der Waals surface area contributed by atoms with Gasteiger partial charge in [0, 0.05) is 17.1 Å². The van der Waals surface area contributed by atoms with E-state index >= 15 is 0 Å². The van der Waals surface area contributed by atoms with Crippen molar-refractivity contribution in [3.8, 4) is 0 Å². The van der Waals surface area contributed by atoms with Crippen LogP contribution in [0.3, 0.4) is 0 Å². The maximum atomic E-state index is 6.13. The summed E-state index contributed by atoms with van der Waals surface area (Å²) in [5.74, 6) is 0. The Kier molecular flexibility index (Phi) is 2.46. The number of rotatable bonds is 1. The van der Waals surface area contributed by atoms with Gasteiger partial charge in [0.25, 0.3) is 0 Å². The van der Waals surface area contributed by atoms with Crippen LogP contribution in [-0.2, 0) is 4.74 Å². The molecule has 0 aliphatic carbocycles. The van der Waals surface area contributed by atoms with Crippen LogP contribution in [0.25, 0.3) is 16.5 Å². The third kappa shape index (κ3) is 1.55. The van der Waals surface area contributed by atoms with Crippen LogP contribution in [0.5, 0.6) is 0 Å². The zero-order valence-corrected chi connectivity index (χ0v) is 9.55. The Bertz CT molecular complexity index is 556. The average molecular weight is 234 g/mol. The monoisotopic (exact) mass is 233 g/mol. The Labute approximate surface area is 98.9 Å². The summed E-state index contributed by atoms with van der Waals surface area (Å²) in [6.45, 7) is 1.52. The largest absolute Gasteiger partial charge is 0.377 e. The molecule has 3 rings (SSSR count). The molecular weight excluding hydrogens is 222 g/mol. The van der Waals surface area contributed by atoms with Crippen molar-refractivity contribution in [1.29, 1.82) is 0 Å². The summed E-state index contributed by atoms with van der Waals surface area (Å²) < 4.78 is 5.32. The first-order valence-electron chi connectivity index (χ1n) is 5.39. The second-order valence-electron chi connectivity index (χ2n) is 3.92. The summed E-state index contributed by atoms with van der Waals surface area (Å²) in [6.07, 6.45) is 5.15. The van der Waals surface area contributed by atoms with Gasteiger partial charge >= 0.3 is 0 Å². The maximum absolute atomic E-state index is 6.13. The molecule has 1 aliphatic heterocycles. The Morgan fingerprint density at radius 3 is 3.06 bits per heavy atom. The lowest BCUT2D eigenvalue weighted by Crippen LogP contribution is -2.03. The van der Waals surface area contributed by atoms with Crippen molar-refractivity contribution >= 4 is 28.1 Å². The number of nitrogens with one attached hydrogen (secondary N) is 1. The molecule has 2 heterocycles. The molecule has 3 heteroatoms. The average Bonchev–Trinajstić information content (AvgIpc) is 2.75. The van der Waals surface area contributed by atoms with Crippen LogP contribution in [0.15, 0.2) is 30.5 Å². The number of para-hydroxylation sites is 1. The van der Waals surface area contributed by atoms with Crippen LogP contribution >= 0.6 is 11.6 Å². The summed E-state index contributed by atoms with van der Waals surface area (Å²) in [6, 6.07) is 5.99. The number of aromatic nitrogens is 1. The van der Waals surface area contributed by atoms with E-state index in [1.807, 2.05) is 18.3 Å². The fourth-order valence-electron chi connectivity index (χ4n) is 2.15. The van der Waals surface area contributed by atoms with Crippen molar-refractivity contribution in [2.45, 2.75) is 6.42 Å². The zero-order chi connectivity index (χ0) is 11.0. The van der Waals surface area contributed by atoms with Crippen LogP contribution in [0.1, 0.15) is 12.0 Å². The van der Waals surface area contributed by atoms with Gasteiger partial charge in [-0.3, -0.25) is 0 Å². The second kappa shape index (κ2) is 3.96. The molecule has 0 amide bonds. The Morgan fingerprint density at radius 1 is 1.31 bits per heavy atom. The van der Waals surface area contributed by atoms with Crippen LogP contribution in [0.4, 0.5) is 0 Å². The summed E-state index contributed by atoms with van der Waals surface area (Å²) >= 11 is 6.13. The first-order chi connectivity index (χ1) is 7.86. The fourth-order valence-corrected chi connectivity index (χ4v) is 2.38. The number of fused-ring (bicyclic) bond motifs is 1. The standard InChI is InChI=1S/C13H12ClNO/c14-12-3-1-2-10-11(8-15-13(10)12)9-4-6-16-7-5-9/h1-4,8,15H,5-7H2. The number of ether oxygens (including phenoxy) is 1. The number of benzene rings is 1. The molecule has 16 heavy (non-hydrogen) atoms. The molecule has 0 unspecified atom stereocenters. The maximum Gasteiger partial charge on any atom is 0.0653 e. The number of H-pyrrole nitrogens is 1. The van der Waals surface area contributed by atoms with Crippen molar-refractivity contribution in [2.75, 3.05) is 13.2 Å². The number of hydrogen-bond donors (Lipinski definition) is 1. The molecule has 1 N–H and O–H groups in total. The molecule has 82 valence electrons. The molecule has 0 atom stereocenters. The summed E-state index contributed by atoms with van der Waals surface area (Å²) in [7, 11) is 0. The van der Waals surface area contributed by atoms with Gasteiger partial charge in [-0.1, -0.05) is 29.8 Å². The highest BCUT2D eigenvalue weighted by molar-refractivity contribution is 6.35. The van der Waals surface area contributed by atoms with E-state index in [2.05, 4.69) is 17.1 Å². The smallest absolute Gasteiger partial charge is 0.0653 e.